The van der Waals surface area contributed by atoms with Gasteiger partial charge in [-0.1, -0.05) is 13.8 Å². The summed E-state index contributed by atoms with van der Waals surface area (Å²) in [5, 5.41) is 2.82. The molecule has 0 aromatic heterocycles. The summed E-state index contributed by atoms with van der Waals surface area (Å²) in [5.74, 6) is 0.621. The van der Waals surface area contributed by atoms with Crippen LogP contribution in [0, 0.1) is 11.3 Å². The van der Waals surface area contributed by atoms with Crippen LogP contribution < -0.4 is 11.1 Å². The lowest BCUT2D eigenvalue weighted by molar-refractivity contribution is -0.119. The molecule has 0 spiro atoms. The molecular formula is C8H16N2O. The van der Waals surface area contributed by atoms with E-state index in [9.17, 15) is 4.79 Å². The topological polar surface area (TPSA) is 55.1 Å². The normalized spacial score (nSPS) is 31.1. The zero-order chi connectivity index (χ0) is 8.48. The summed E-state index contributed by atoms with van der Waals surface area (Å²) >= 11 is 0. The standard InChI is InChI=1S/C8H16N2O/c1-6(2)8(4-9)3-7(11)10-5-8/h6H,3-5,9H2,1-2H3,(H,10,11). The highest BCUT2D eigenvalue weighted by Crippen LogP contribution is 2.32. The third kappa shape index (κ3) is 1.38. The van der Waals surface area contributed by atoms with E-state index in [0.29, 0.717) is 18.9 Å². The van der Waals surface area contributed by atoms with Crippen molar-refractivity contribution < 1.29 is 4.79 Å². The number of carbonyl (C=O) groups is 1. The Hall–Kier alpha value is -0.570. The largest absolute Gasteiger partial charge is 0.355 e. The summed E-state index contributed by atoms with van der Waals surface area (Å²) < 4.78 is 0. The summed E-state index contributed by atoms with van der Waals surface area (Å²) in [5.41, 5.74) is 5.66. The van der Waals surface area contributed by atoms with Crippen LogP contribution in [0.4, 0.5) is 0 Å². The summed E-state index contributed by atoms with van der Waals surface area (Å²) in [6, 6.07) is 0. The van der Waals surface area contributed by atoms with E-state index in [1.165, 1.54) is 0 Å². The lowest BCUT2D eigenvalue weighted by Crippen LogP contribution is -2.37. The first-order valence-corrected chi connectivity index (χ1v) is 4.07. The molecule has 3 nitrogen and oxygen atoms in total. The fourth-order valence-corrected chi connectivity index (χ4v) is 1.51. The summed E-state index contributed by atoms with van der Waals surface area (Å²) in [7, 11) is 0. The Kier molecular flexibility index (Phi) is 2.18. The van der Waals surface area contributed by atoms with Crippen LogP contribution in [0.15, 0.2) is 0 Å². The average Bonchev–Trinajstić information content (AvgIpc) is 2.33. The molecule has 1 atom stereocenters. The molecule has 1 unspecified atom stereocenters. The van der Waals surface area contributed by atoms with Crippen molar-refractivity contribution in [3.8, 4) is 0 Å². The van der Waals surface area contributed by atoms with Crippen LogP contribution in [0.5, 0.6) is 0 Å². The van der Waals surface area contributed by atoms with E-state index in [2.05, 4.69) is 19.2 Å². The molecule has 1 amide bonds. The van der Waals surface area contributed by atoms with Gasteiger partial charge in [-0.25, -0.2) is 0 Å². The van der Waals surface area contributed by atoms with E-state index < -0.39 is 0 Å². The van der Waals surface area contributed by atoms with Crippen molar-refractivity contribution >= 4 is 5.91 Å². The van der Waals surface area contributed by atoms with Crippen LogP contribution in [0.2, 0.25) is 0 Å². The second kappa shape index (κ2) is 2.81. The van der Waals surface area contributed by atoms with E-state index in [1.807, 2.05) is 0 Å². The molecule has 1 aliphatic heterocycles. The number of carbonyl (C=O) groups excluding carboxylic acids is 1. The highest BCUT2D eigenvalue weighted by atomic mass is 16.1. The zero-order valence-corrected chi connectivity index (χ0v) is 7.18. The molecule has 1 rings (SSSR count). The molecule has 1 fully saturated rings. The van der Waals surface area contributed by atoms with Crippen molar-refractivity contribution in [2.45, 2.75) is 20.3 Å². The van der Waals surface area contributed by atoms with E-state index in [0.717, 1.165) is 6.54 Å². The van der Waals surface area contributed by atoms with Gasteiger partial charge in [0.15, 0.2) is 0 Å². The molecule has 64 valence electrons. The summed E-state index contributed by atoms with van der Waals surface area (Å²) in [6.07, 6.45) is 0.598. The Bertz CT molecular complexity index is 167. The second-order valence-electron chi connectivity index (χ2n) is 3.67. The van der Waals surface area contributed by atoms with Crippen LogP contribution in [0.3, 0.4) is 0 Å². The fraction of sp³-hybridized carbons (Fsp3) is 0.875. The van der Waals surface area contributed by atoms with Crippen molar-refractivity contribution in [1.29, 1.82) is 0 Å². The quantitative estimate of drug-likeness (QED) is 0.596. The lowest BCUT2D eigenvalue weighted by atomic mass is 9.76. The van der Waals surface area contributed by atoms with Crippen LogP contribution in [-0.2, 0) is 4.79 Å². The minimum atomic E-state index is 0.0249. The average molecular weight is 156 g/mol. The maximum atomic E-state index is 11.0. The van der Waals surface area contributed by atoms with Crippen LogP contribution >= 0.6 is 0 Å². The maximum Gasteiger partial charge on any atom is 0.220 e. The van der Waals surface area contributed by atoms with Gasteiger partial charge in [0, 0.05) is 24.9 Å². The molecule has 0 saturated carbocycles. The van der Waals surface area contributed by atoms with Gasteiger partial charge in [0.2, 0.25) is 5.91 Å². The molecule has 0 aromatic carbocycles. The predicted octanol–water partition coefficient (Wildman–Crippen LogP) is 0.107. The van der Waals surface area contributed by atoms with Crippen molar-refractivity contribution in [2.75, 3.05) is 13.1 Å². The van der Waals surface area contributed by atoms with Gasteiger partial charge in [0.1, 0.15) is 0 Å². The number of rotatable bonds is 2. The highest BCUT2D eigenvalue weighted by Gasteiger charge is 2.39. The Morgan fingerprint density at radius 1 is 1.73 bits per heavy atom. The number of nitrogens with two attached hydrogens (primary N) is 1. The molecule has 1 aliphatic rings. The monoisotopic (exact) mass is 156 g/mol. The molecule has 1 heterocycles. The van der Waals surface area contributed by atoms with Gasteiger partial charge in [-0.05, 0) is 5.92 Å². The van der Waals surface area contributed by atoms with Gasteiger partial charge >= 0.3 is 0 Å². The Morgan fingerprint density at radius 3 is 2.55 bits per heavy atom. The molecule has 3 heteroatoms. The van der Waals surface area contributed by atoms with Crippen LogP contribution in [-0.4, -0.2) is 19.0 Å². The molecular weight excluding hydrogens is 140 g/mol. The number of hydrogen-bond donors (Lipinski definition) is 2. The molecule has 0 radical (unpaired) electrons. The van der Waals surface area contributed by atoms with Gasteiger partial charge in [0.05, 0.1) is 0 Å². The van der Waals surface area contributed by atoms with E-state index in [4.69, 9.17) is 5.73 Å². The van der Waals surface area contributed by atoms with Crippen molar-refractivity contribution in [2.24, 2.45) is 17.1 Å². The molecule has 0 aliphatic carbocycles. The van der Waals surface area contributed by atoms with Gasteiger partial charge in [-0.2, -0.15) is 0 Å². The minimum absolute atomic E-state index is 0.0249. The first kappa shape index (κ1) is 8.53. The first-order valence-electron chi connectivity index (χ1n) is 4.07. The zero-order valence-electron chi connectivity index (χ0n) is 7.18. The van der Waals surface area contributed by atoms with Crippen molar-refractivity contribution in [1.82, 2.24) is 5.32 Å². The maximum absolute atomic E-state index is 11.0. The molecule has 1 saturated heterocycles. The Morgan fingerprint density at radius 2 is 2.36 bits per heavy atom. The third-order valence-electron chi connectivity index (χ3n) is 2.78. The third-order valence-corrected chi connectivity index (χ3v) is 2.78. The number of amides is 1. The van der Waals surface area contributed by atoms with E-state index in [1.54, 1.807) is 0 Å². The number of nitrogens with one attached hydrogen (secondary N) is 1. The van der Waals surface area contributed by atoms with Gasteiger partial charge in [-0.15, -0.1) is 0 Å². The summed E-state index contributed by atoms with van der Waals surface area (Å²) in [6.45, 7) is 5.59. The number of hydrogen-bond acceptors (Lipinski definition) is 2. The highest BCUT2D eigenvalue weighted by molar-refractivity contribution is 5.79. The van der Waals surface area contributed by atoms with Gasteiger partial charge < -0.3 is 11.1 Å². The van der Waals surface area contributed by atoms with Crippen molar-refractivity contribution in [3.05, 3.63) is 0 Å². The van der Waals surface area contributed by atoms with Gasteiger partial charge in [0.25, 0.3) is 0 Å². The molecule has 0 bridgehead atoms. The lowest BCUT2D eigenvalue weighted by Gasteiger charge is -2.29. The Labute approximate surface area is 67.3 Å². The first-order chi connectivity index (χ1) is 5.10. The van der Waals surface area contributed by atoms with Gasteiger partial charge in [-0.3, -0.25) is 4.79 Å². The smallest absolute Gasteiger partial charge is 0.220 e. The SMILES string of the molecule is CC(C)C1(CN)CNC(=O)C1. The molecule has 0 aromatic rings. The Balaban J connectivity index is 2.70. The predicted molar refractivity (Wildman–Crippen MR) is 44.0 cm³/mol. The van der Waals surface area contributed by atoms with Crippen molar-refractivity contribution in [3.63, 3.8) is 0 Å². The van der Waals surface area contributed by atoms with Crippen LogP contribution in [0.1, 0.15) is 20.3 Å². The van der Waals surface area contributed by atoms with E-state index in [-0.39, 0.29) is 11.3 Å². The fourth-order valence-electron chi connectivity index (χ4n) is 1.51. The molecule has 11 heavy (non-hydrogen) atoms. The summed E-state index contributed by atoms with van der Waals surface area (Å²) in [4.78, 5) is 11.0. The van der Waals surface area contributed by atoms with E-state index >= 15 is 0 Å². The minimum Gasteiger partial charge on any atom is -0.355 e. The van der Waals surface area contributed by atoms with Crippen LogP contribution in [0.25, 0.3) is 0 Å². The molecule has 3 N–H and O–H groups in total. The second-order valence-corrected chi connectivity index (χ2v) is 3.67.